The van der Waals surface area contributed by atoms with Crippen molar-refractivity contribution < 1.29 is 17.9 Å². The van der Waals surface area contributed by atoms with Crippen LogP contribution in [0.15, 0.2) is 42.6 Å². The Morgan fingerprint density at radius 3 is 2.59 bits per heavy atom. The van der Waals surface area contributed by atoms with E-state index in [2.05, 4.69) is 15.6 Å². The Morgan fingerprint density at radius 2 is 2.00 bits per heavy atom. The Morgan fingerprint density at radius 1 is 1.22 bits per heavy atom. The molecule has 1 unspecified atom stereocenters. The first-order valence-electron chi connectivity index (χ1n) is 8.79. The summed E-state index contributed by atoms with van der Waals surface area (Å²) >= 11 is 0. The van der Waals surface area contributed by atoms with Crippen LogP contribution in [0.3, 0.4) is 0 Å². The highest BCUT2D eigenvalue weighted by atomic mass is 32.2. The molecule has 1 fully saturated rings. The number of carbonyl (C=O) groups is 1. The third-order valence-corrected chi connectivity index (χ3v) is 6.23. The molecule has 7 nitrogen and oxygen atoms in total. The summed E-state index contributed by atoms with van der Waals surface area (Å²) in [6.45, 7) is 0.736. The molecule has 0 aliphatic carbocycles. The van der Waals surface area contributed by atoms with Gasteiger partial charge in [-0.2, -0.15) is 0 Å². The number of carbonyl (C=O) groups excluding carboxylic acids is 1. The number of ether oxygens (including phenoxy) is 1. The number of nitrogens with one attached hydrogen (secondary N) is 2. The second kappa shape index (κ2) is 8.39. The first-order valence-corrected chi connectivity index (χ1v) is 10.6. The molecule has 8 heteroatoms. The van der Waals surface area contributed by atoms with Gasteiger partial charge in [0.15, 0.2) is 9.84 Å². The van der Waals surface area contributed by atoms with Gasteiger partial charge >= 0.3 is 0 Å². The van der Waals surface area contributed by atoms with Crippen molar-refractivity contribution in [3.8, 4) is 5.75 Å². The first-order chi connectivity index (χ1) is 12.9. The van der Waals surface area contributed by atoms with Crippen LogP contribution in [0.4, 0.5) is 5.69 Å². The number of aromatic nitrogens is 1. The molecule has 1 amide bonds. The normalized spacial score (nSPS) is 18.0. The van der Waals surface area contributed by atoms with Crippen LogP contribution in [-0.4, -0.2) is 50.5 Å². The lowest BCUT2D eigenvalue weighted by molar-refractivity contribution is 0.0936. The fourth-order valence-corrected chi connectivity index (χ4v) is 4.62. The lowest BCUT2D eigenvalue weighted by Gasteiger charge is -2.11. The maximum atomic E-state index is 12.2. The highest BCUT2D eigenvalue weighted by Crippen LogP contribution is 2.14. The molecular weight excluding hydrogens is 366 g/mol. The average molecular weight is 389 g/mol. The van der Waals surface area contributed by atoms with Gasteiger partial charge in [0.2, 0.25) is 0 Å². The van der Waals surface area contributed by atoms with Gasteiger partial charge in [-0.05, 0) is 42.7 Å². The van der Waals surface area contributed by atoms with Crippen LogP contribution < -0.4 is 15.4 Å². The van der Waals surface area contributed by atoms with E-state index in [1.165, 1.54) is 5.56 Å². The van der Waals surface area contributed by atoms with E-state index in [9.17, 15) is 13.2 Å². The van der Waals surface area contributed by atoms with Crippen LogP contribution in [0.1, 0.15) is 22.5 Å². The standard InChI is InChI=1S/C19H23N3O4S/c1-26-17-5-2-14(3-6-17)8-10-20-15-4-7-18(21-12-15)19(23)22-16-9-11-27(24,25)13-16/h2-7,12,16,20H,8-11,13H2,1H3,(H,22,23). The highest BCUT2D eigenvalue weighted by Gasteiger charge is 2.29. The second-order valence-electron chi connectivity index (χ2n) is 6.53. The van der Waals surface area contributed by atoms with Gasteiger partial charge in [-0.15, -0.1) is 0 Å². The summed E-state index contributed by atoms with van der Waals surface area (Å²) in [5, 5.41) is 6.00. The minimum absolute atomic E-state index is 0.00371. The molecule has 0 saturated carbocycles. The third kappa shape index (κ3) is 5.43. The molecule has 2 N–H and O–H groups in total. The van der Waals surface area contributed by atoms with E-state index >= 15 is 0 Å². The maximum absolute atomic E-state index is 12.2. The van der Waals surface area contributed by atoms with E-state index in [0.717, 1.165) is 24.4 Å². The van der Waals surface area contributed by atoms with Crippen molar-refractivity contribution >= 4 is 21.4 Å². The quantitative estimate of drug-likeness (QED) is 0.748. The number of hydrogen-bond acceptors (Lipinski definition) is 6. The van der Waals surface area contributed by atoms with Gasteiger partial charge in [0.1, 0.15) is 11.4 Å². The Hall–Kier alpha value is -2.61. The second-order valence-corrected chi connectivity index (χ2v) is 8.76. The molecule has 1 aliphatic heterocycles. The Bertz CT molecular complexity index is 880. The van der Waals surface area contributed by atoms with Crippen molar-refractivity contribution in [1.29, 1.82) is 0 Å². The fourth-order valence-electron chi connectivity index (χ4n) is 2.94. The van der Waals surface area contributed by atoms with E-state index < -0.39 is 9.84 Å². The summed E-state index contributed by atoms with van der Waals surface area (Å²) in [5.74, 6) is 0.619. The number of rotatable bonds is 7. The molecule has 3 rings (SSSR count). The van der Waals surface area contributed by atoms with Gasteiger partial charge in [-0.3, -0.25) is 4.79 Å². The van der Waals surface area contributed by atoms with E-state index in [1.807, 2.05) is 24.3 Å². The lowest BCUT2D eigenvalue weighted by Crippen LogP contribution is -2.36. The fraction of sp³-hybridized carbons (Fsp3) is 0.368. The van der Waals surface area contributed by atoms with Gasteiger partial charge in [0.25, 0.3) is 5.91 Å². The summed E-state index contributed by atoms with van der Waals surface area (Å²) in [6.07, 6.45) is 2.91. The predicted molar refractivity (Wildman–Crippen MR) is 104 cm³/mol. The molecule has 1 aliphatic rings. The van der Waals surface area contributed by atoms with Crippen molar-refractivity contribution in [3.05, 3.63) is 53.9 Å². The molecule has 0 radical (unpaired) electrons. The van der Waals surface area contributed by atoms with Crippen LogP contribution >= 0.6 is 0 Å². The number of nitrogens with zero attached hydrogens (tertiary/aromatic N) is 1. The van der Waals surface area contributed by atoms with Crippen LogP contribution in [-0.2, 0) is 16.3 Å². The van der Waals surface area contributed by atoms with Gasteiger partial charge in [0.05, 0.1) is 30.5 Å². The molecule has 0 bridgehead atoms. The van der Waals surface area contributed by atoms with E-state index in [1.54, 1.807) is 25.4 Å². The number of anilines is 1. The van der Waals surface area contributed by atoms with Crippen molar-refractivity contribution in [2.24, 2.45) is 0 Å². The van der Waals surface area contributed by atoms with Crippen molar-refractivity contribution in [3.63, 3.8) is 0 Å². The van der Waals surface area contributed by atoms with Crippen molar-refractivity contribution in [2.45, 2.75) is 18.9 Å². The zero-order valence-electron chi connectivity index (χ0n) is 15.1. The zero-order chi connectivity index (χ0) is 19.3. The Kier molecular flexibility index (Phi) is 5.95. The topological polar surface area (TPSA) is 97.4 Å². The monoisotopic (exact) mass is 389 g/mol. The molecule has 1 aromatic carbocycles. The minimum atomic E-state index is -3.02. The van der Waals surface area contributed by atoms with Crippen LogP contribution in [0.25, 0.3) is 0 Å². The number of pyridine rings is 1. The molecule has 144 valence electrons. The largest absolute Gasteiger partial charge is 0.497 e. The van der Waals surface area contributed by atoms with E-state index in [4.69, 9.17) is 4.74 Å². The SMILES string of the molecule is COc1ccc(CCNc2ccc(C(=O)NC3CCS(=O)(=O)C3)nc2)cc1. The third-order valence-electron chi connectivity index (χ3n) is 4.47. The van der Waals surface area contributed by atoms with Gasteiger partial charge in [-0.25, -0.2) is 13.4 Å². The smallest absolute Gasteiger partial charge is 0.270 e. The molecule has 27 heavy (non-hydrogen) atoms. The number of methoxy groups -OCH3 is 1. The number of benzene rings is 1. The minimum Gasteiger partial charge on any atom is -0.497 e. The first kappa shape index (κ1) is 19.2. The molecule has 1 aromatic heterocycles. The van der Waals surface area contributed by atoms with Crippen LogP contribution in [0.5, 0.6) is 5.75 Å². The molecule has 2 aromatic rings. The summed E-state index contributed by atoms with van der Waals surface area (Å²) in [6, 6.07) is 11.0. The van der Waals surface area contributed by atoms with Gasteiger partial charge in [0, 0.05) is 12.6 Å². The molecule has 0 spiro atoms. The Labute approximate surface area is 159 Å². The summed E-state index contributed by atoms with van der Waals surface area (Å²) in [7, 11) is -1.38. The summed E-state index contributed by atoms with van der Waals surface area (Å²) in [5.41, 5.74) is 2.29. The molecule has 2 heterocycles. The highest BCUT2D eigenvalue weighted by molar-refractivity contribution is 7.91. The van der Waals surface area contributed by atoms with Crippen LogP contribution in [0.2, 0.25) is 0 Å². The van der Waals surface area contributed by atoms with Gasteiger partial charge < -0.3 is 15.4 Å². The molecular formula is C19H23N3O4S. The predicted octanol–water partition coefficient (Wildman–Crippen LogP) is 1.66. The molecule has 1 atom stereocenters. The van der Waals surface area contributed by atoms with Crippen molar-refractivity contribution in [2.75, 3.05) is 30.5 Å². The number of amides is 1. The number of hydrogen-bond donors (Lipinski definition) is 2. The van der Waals surface area contributed by atoms with E-state index in [0.29, 0.717) is 6.42 Å². The maximum Gasteiger partial charge on any atom is 0.270 e. The number of sulfone groups is 1. The van der Waals surface area contributed by atoms with Crippen molar-refractivity contribution in [1.82, 2.24) is 10.3 Å². The van der Waals surface area contributed by atoms with E-state index in [-0.39, 0.29) is 29.1 Å². The summed E-state index contributed by atoms with van der Waals surface area (Å²) < 4.78 is 28.1. The van der Waals surface area contributed by atoms with Crippen LogP contribution in [0, 0.1) is 0 Å². The average Bonchev–Trinajstić information content (AvgIpc) is 3.01. The zero-order valence-corrected chi connectivity index (χ0v) is 16.0. The summed E-state index contributed by atoms with van der Waals surface area (Å²) in [4.78, 5) is 16.3. The van der Waals surface area contributed by atoms with Gasteiger partial charge in [-0.1, -0.05) is 12.1 Å². The Balaban J connectivity index is 1.47. The lowest BCUT2D eigenvalue weighted by atomic mass is 10.1. The molecule has 1 saturated heterocycles.